The van der Waals surface area contributed by atoms with Crippen molar-refractivity contribution in [3.8, 4) is 5.75 Å². The summed E-state index contributed by atoms with van der Waals surface area (Å²) in [4.78, 5) is 12.0. The lowest BCUT2D eigenvalue weighted by Gasteiger charge is -2.11. The van der Waals surface area contributed by atoms with Gasteiger partial charge in [-0.15, -0.1) is 0 Å². The fraction of sp³-hybridized carbons (Fsp3) is 0.0556. The van der Waals surface area contributed by atoms with Gasteiger partial charge in [-0.1, -0.05) is 57.9 Å². The third kappa shape index (κ3) is 3.84. The van der Waals surface area contributed by atoms with Crippen molar-refractivity contribution in [2.24, 2.45) is 0 Å². The lowest BCUT2D eigenvalue weighted by atomic mass is 10.1. The normalized spacial score (nSPS) is 10.5. The molecule has 0 saturated carbocycles. The number of benzene rings is 3. The molecule has 116 valence electrons. The summed E-state index contributed by atoms with van der Waals surface area (Å²) < 4.78 is 6.56. The van der Waals surface area contributed by atoms with Crippen LogP contribution in [0.2, 0.25) is 5.02 Å². The first-order chi connectivity index (χ1) is 11.1. The van der Waals surface area contributed by atoms with Crippen LogP contribution in [-0.4, -0.2) is 12.5 Å². The molecule has 3 nitrogen and oxygen atoms in total. The molecule has 3 aromatic rings. The summed E-state index contributed by atoms with van der Waals surface area (Å²) in [5, 5.41) is 5.24. The summed E-state index contributed by atoms with van der Waals surface area (Å²) in [6.45, 7) is -0.0713. The molecule has 0 saturated heterocycles. The highest BCUT2D eigenvalue weighted by Crippen LogP contribution is 2.31. The molecule has 0 atom stereocenters. The van der Waals surface area contributed by atoms with Gasteiger partial charge in [-0.25, -0.2) is 0 Å². The van der Waals surface area contributed by atoms with Gasteiger partial charge in [0.25, 0.3) is 5.91 Å². The fourth-order valence-corrected chi connectivity index (χ4v) is 2.89. The second-order valence-electron chi connectivity index (χ2n) is 4.94. The Morgan fingerprint density at radius 2 is 1.83 bits per heavy atom. The predicted octanol–water partition coefficient (Wildman–Crippen LogP) is 5.27. The molecule has 0 heterocycles. The first-order valence-corrected chi connectivity index (χ1v) is 8.16. The number of anilines is 1. The van der Waals surface area contributed by atoms with Crippen molar-refractivity contribution < 1.29 is 9.53 Å². The molecule has 0 aromatic heterocycles. The van der Waals surface area contributed by atoms with Gasteiger partial charge in [0, 0.05) is 26.0 Å². The minimum Gasteiger partial charge on any atom is -0.483 e. The Labute approximate surface area is 147 Å². The third-order valence-electron chi connectivity index (χ3n) is 3.30. The van der Waals surface area contributed by atoms with Crippen LogP contribution in [0.15, 0.2) is 65.1 Å². The second-order valence-corrected chi connectivity index (χ2v) is 6.26. The van der Waals surface area contributed by atoms with Gasteiger partial charge in [0.05, 0.1) is 0 Å². The number of rotatable bonds is 4. The van der Waals surface area contributed by atoms with E-state index >= 15 is 0 Å². The summed E-state index contributed by atoms with van der Waals surface area (Å²) >= 11 is 9.54. The summed E-state index contributed by atoms with van der Waals surface area (Å²) in [6.07, 6.45) is 0. The molecule has 23 heavy (non-hydrogen) atoms. The van der Waals surface area contributed by atoms with Gasteiger partial charge in [0.2, 0.25) is 0 Å². The maximum atomic E-state index is 12.0. The quantitative estimate of drug-likeness (QED) is 0.659. The van der Waals surface area contributed by atoms with Crippen molar-refractivity contribution in [3.05, 3.63) is 70.2 Å². The Morgan fingerprint density at radius 1 is 1.04 bits per heavy atom. The fourth-order valence-electron chi connectivity index (χ4n) is 2.27. The lowest BCUT2D eigenvalue weighted by molar-refractivity contribution is -0.118. The highest BCUT2D eigenvalue weighted by Gasteiger charge is 2.08. The zero-order valence-electron chi connectivity index (χ0n) is 12.1. The van der Waals surface area contributed by atoms with Gasteiger partial charge in [0.1, 0.15) is 5.75 Å². The summed E-state index contributed by atoms with van der Waals surface area (Å²) in [5.41, 5.74) is 0.717. The molecule has 1 amide bonds. The summed E-state index contributed by atoms with van der Waals surface area (Å²) in [7, 11) is 0. The Hall–Kier alpha value is -2.04. The van der Waals surface area contributed by atoms with Crippen molar-refractivity contribution in [3.63, 3.8) is 0 Å². The van der Waals surface area contributed by atoms with Crippen molar-refractivity contribution in [2.75, 3.05) is 11.9 Å². The van der Waals surface area contributed by atoms with Crippen LogP contribution in [-0.2, 0) is 4.79 Å². The van der Waals surface area contributed by atoms with Gasteiger partial charge in [-0.2, -0.15) is 0 Å². The third-order valence-corrected chi connectivity index (χ3v) is 4.12. The number of amides is 1. The van der Waals surface area contributed by atoms with E-state index in [-0.39, 0.29) is 12.5 Å². The SMILES string of the molecule is O=C(COc1ccc(Cl)c2ccccc12)Nc1cccc(Br)c1. The monoisotopic (exact) mass is 389 g/mol. The molecule has 0 radical (unpaired) electrons. The molecule has 3 aromatic carbocycles. The highest BCUT2D eigenvalue weighted by molar-refractivity contribution is 9.10. The Balaban J connectivity index is 1.71. The number of carbonyl (C=O) groups excluding carboxylic acids is 1. The average molecular weight is 391 g/mol. The van der Waals surface area contributed by atoms with E-state index in [9.17, 15) is 4.79 Å². The van der Waals surface area contributed by atoms with Crippen molar-refractivity contribution in [1.29, 1.82) is 0 Å². The van der Waals surface area contributed by atoms with Crippen LogP contribution in [0, 0.1) is 0 Å². The van der Waals surface area contributed by atoms with E-state index in [2.05, 4.69) is 21.2 Å². The molecule has 0 aliphatic rings. The maximum absolute atomic E-state index is 12.0. The van der Waals surface area contributed by atoms with Gasteiger partial charge < -0.3 is 10.1 Å². The predicted molar refractivity (Wildman–Crippen MR) is 97.2 cm³/mol. The number of hydrogen-bond acceptors (Lipinski definition) is 2. The zero-order chi connectivity index (χ0) is 16.2. The Morgan fingerprint density at radius 3 is 2.61 bits per heavy atom. The number of nitrogens with one attached hydrogen (secondary N) is 1. The molecule has 1 N–H and O–H groups in total. The number of ether oxygens (including phenoxy) is 1. The van der Waals surface area contributed by atoms with E-state index < -0.39 is 0 Å². The van der Waals surface area contributed by atoms with E-state index in [4.69, 9.17) is 16.3 Å². The van der Waals surface area contributed by atoms with Crippen molar-refractivity contribution >= 4 is 49.9 Å². The van der Waals surface area contributed by atoms with E-state index in [1.807, 2.05) is 48.5 Å². The summed E-state index contributed by atoms with van der Waals surface area (Å²) in [6, 6.07) is 18.6. The van der Waals surface area contributed by atoms with Crippen LogP contribution in [0.3, 0.4) is 0 Å². The van der Waals surface area contributed by atoms with Crippen LogP contribution in [0.25, 0.3) is 10.8 Å². The van der Waals surface area contributed by atoms with Crippen LogP contribution >= 0.6 is 27.5 Å². The van der Waals surface area contributed by atoms with Crippen LogP contribution < -0.4 is 10.1 Å². The smallest absolute Gasteiger partial charge is 0.262 e. The second kappa shape index (κ2) is 7.02. The molecule has 5 heteroatoms. The summed E-state index contributed by atoms with van der Waals surface area (Å²) in [5.74, 6) is 0.413. The molecular formula is C18H13BrClNO2. The maximum Gasteiger partial charge on any atom is 0.262 e. The Bertz CT molecular complexity index is 867. The largest absolute Gasteiger partial charge is 0.483 e. The molecule has 0 fully saturated rings. The van der Waals surface area contributed by atoms with Crippen LogP contribution in [0.4, 0.5) is 5.69 Å². The van der Waals surface area contributed by atoms with Gasteiger partial charge >= 0.3 is 0 Å². The van der Waals surface area contributed by atoms with Crippen molar-refractivity contribution in [1.82, 2.24) is 0 Å². The van der Waals surface area contributed by atoms with Crippen LogP contribution in [0.5, 0.6) is 5.75 Å². The zero-order valence-corrected chi connectivity index (χ0v) is 14.4. The molecule has 3 rings (SSSR count). The number of carbonyl (C=O) groups is 1. The standard InChI is InChI=1S/C18H13BrClNO2/c19-12-4-3-5-13(10-12)21-18(22)11-23-17-9-8-16(20)14-6-1-2-7-15(14)17/h1-10H,11H2,(H,21,22). The van der Waals surface area contributed by atoms with E-state index in [1.54, 1.807) is 12.1 Å². The topological polar surface area (TPSA) is 38.3 Å². The molecular weight excluding hydrogens is 378 g/mol. The molecule has 0 spiro atoms. The average Bonchev–Trinajstić information content (AvgIpc) is 2.54. The minimum atomic E-state index is -0.220. The van der Waals surface area contributed by atoms with Gasteiger partial charge in [-0.3, -0.25) is 4.79 Å². The van der Waals surface area contributed by atoms with E-state index in [1.165, 1.54) is 0 Å². The highest BCUT2D eigenvalue weighted by atomic mass is 79.9. The number of halogens is 2. The first kappa shape index (κ1) is 15.8. The van der Waals surface area contributed by atoms with E-state index in [0.717, 1.165) is 15.2 Å². The molecule has 0 aliphatic heterocycles. The van der Waals surface area contributed by atoms with Crippen molar-refractivity contribution in [2.45, 2.75) is 0 Å². The first-order valence-electron chi connectivity index (χ1n) is 6.99. The van der Waals surface area contributed by atoms with Crippen LogP contribution in [0.1, 0.15) is 0 Å². The van der Waals surface area contributed by atoms with Gasteiger partial charge in [0.15, 0.2) is 6.61 Å². The van der Waals surface area contributed by atoms with E-state index in [0.29, 0.717) is 16.5 Å². The number of hydrogen-bond donors (Lipinski definition) is 1. The number of fused-ring (bicyclic) bond motifs is 1. The van der Waals surface area contributed by atoms with Gasteiger partial charge in [-0.05, 0) is 30.3 Å². The molecule has 0 unspecified atom stereocenters. The molecule has 0 aliphatic carbocycles. The Kier molecular flexibility index (Phi) is 4.84. The minimum absolute atomic E-state index is 0.0713. The molecule has 0 bridgehead atoms. The lowest BCUT2D eigenvalue weighted by Crippen LogP contribution is -2.20.